The van der Waals surface area contributed by atoms with E-state index in [0.29, 0.717) is 6.92 Å². The minimum absolute atomic E-state index is 0.00137. The first kappa shape index (κ1) is 13.5. The summed E-state index contributed by atoms with van der Waals surface area (Å²) in [6.07, 6.45) is 0.00137. The zero-order valence-electron chi connectivity index (χ0n) is 10.3. The molecule has 4 nitrogen and oxygen atoms in total. The molecule has 1 aromatic carbocycles. The number of halogens is 2. The van der Waals surface area contributed by atoms with Crippen molar-refractivity contribution in [3.05, 3.63) is 35.9 Å². The summed E-state index contributed by atoms with van der Waals surface area (Å²) in [5.41, 5.74) is 0.776. The van der Waals surface area contributed by atoms with Crippen LogP contribution in [0.2, 0.25) is 0 Å². The van der Waals surface area contributed by atoms with E-state index in [2.05, 4.69) is 10.6 Å². The van der Waals surface area contributed by atoms with E-state index < -0.39 is 23.9 Å². The van der Waals surface area contributed by atoms with E-state index in [1.807, 2.05) is 6.07 Å². The number of carbonyl (C=O) groups is 2. The molecule has 0 aromatic heterocycles. The first-order chi connectivity index (χ1) is 8.88. The molecular weight excluding hydrogens is 254 g/mol. The molecule has 19 heavy (non-hydrogen) atoms. The molecule has 0 saturated carbocycles. The van der Waals surface area contributed by atoms with Gasteiger partial charge in [0.2, 0.25) is 5.91 Å². The normalized spacial score (nSPS) is 23.0. The largest absolute Gasteiger partial charge is 0.347 e. The lowest BCUT2D eigenvalue weighted by Crippen LogP contribution is -2.45. The minimum atomic E-state index is -3.45. The van der Waals surface area contributed by atoms with Crippen LogP contribution < -0.4 is 10.6 Å². The predicted octanol–water partition coefficient (Wildman–Crippen LogP) is 1.39. The van der Waals surface area contributed by atoms with Gasteiger partial charge in [-0.05, 0) is 5.56 Å². The highest BCUT2D eigenvalue weighted by molar-refractivity contribution is 5.86. The number of rotatable bonds is 3. The van der Waals surface area contributed by atoms with Crippen LogP contribution in [0.4, 0.5) is 8.78 Å². The van der Waals surface area contributed by atoms with Crippen LogP contribution in [-0.2, 0) is 9.59 Å². The van der Waals surface area contributed by atoms with Crippen LogP contribution in [0.15, 0.2) is 30.3 Å². The molecular formula is C13H14F2N2O2. The lowest BCUT2D eigenvalue weighted by Gasteiger charge is -2.22. The van der Waals surface area contributed by atoms with E-state index in [9.17, 15) is 18.4 Å². The van der Waals surface area contributed by atoms with Gasteiger partial charge in [-0.15, -0.1) is 0 Å². The third-order valence-corrected chi connectivity index (χ3v) is 3.00. The van der Waals surface area contributed by atoms with Crippen molar-refractivity contribution in [1.29, 1.82) is 0 Å². The Morgan fingerprint density at radius 2 is 2.00 bits per heavy atom. The van der Waals surface area contributed by atoms with Gasteiger partial charge in [-0.2, -0.15) is 8.78 Å². The third-order valence-electron chi connectivity index (χ3n) is 3.00. The fourth-order valence-electron chi connectivity index (χ4n) is 2.06. The van der Waals surface area contributed by atoms with Crippen LogP contribution in [0.25, 0.3) is 0 Å². The second kappa shape index (κ2) is 4.95. The van der Waals surface area contributed by atoms with Gasteiger partial charge >= 0.3 is 5.92 Å². The predicted molar refractivity (Wildman–Crippen MR) is 64.5 cm³/mol. The first-order valence-corrected chi connectivity index (χ1v) is 5.91. The van der Waals surface area contributed by atoms with Crippen LogP contribution in [0.5, 0.6) is 0 Å². The SMILES string of the molecule is CC(F)(F)C(=O)N[C@H]1CC(=O)NC1c1ccccc1. The Balaban J connectivity index is 2.15. The maximum atomic E-state index is 12.9. The summed E-state index contributed by atoms with van der Waals surface area (Å²) in [6.45, 7) is 0.532. The Labute approximate surface area is 109 Å². The minimum Gasteiger partial charge on any atom is -0.347 e. The molecule has 2 N–H and O–H groups in total. The summed E-state index contributed by atoms with van der Waals surface area (Å²) in [7, 11) is 0. The fraction of sp³-hybridized carbons (Fsp3) is 0.385. The average molecular weight is 268 g/mol. The molecule has 1 unspecified atom stereocenters. The molecule has 102 valence electrons. The zero-order chi connectivity index (χ0) is 14.0. The van der Waals surface area contributed by atoms with Crippen LogP contribution in [0, 0.1) is 0 Å². The topological polar surface area (TPSA) is 58.2 Å². The van der Waals surface area contributed by atoms with Gasteiger partial charge in [0.25, 0.3) is 5.91 Å². The summed E-state index contributed by atoms with van der Waals surface area (Å²) in [5, 5.41) is 4.90. The van der Waals surface area contributed by atoms with Gasteiger partial charge in [-0.3, -0.25) is 9.59 Å². The van der Waals surface area contributed by atoms with Gasteiger partial charge in [0.15, 0.2) is 0 Å². The lowest BCUT2D eigenvalue weighted by molar-refractivity contribution is -0.143. The molecule has 2 rings (SSSR count). The Morgan fingerprint density at radius 1 is 1.37 bits per heavy atom. The molecule has 0 radical (unpaired) electrons. The average Bonchev–Trinajstić information content (AvgIpc) is 2.70. The second-order valence-electron chi connectivity index (χ2n) is 4.63. The Hall–Kier alpha value is -1.98. The summed E-state index contributed by atoms with van der Waals surface area (Å²) >= 11 is 0. The number of alkyl halides is 2. The van der Waals surface area contributed by atoms with Crippen molar-refractivity contribution < 1.29 is 18.4 Å². The monoisotopic (exact) mass is 268 g/mol. The quantitative estimate of drug-likeness (QED) is 0.870. The highest BCUT2D eigenvalue weighted by atomic mass is 19.3. The van der Waals surface area contributed by atoms with Crippen molar-refractivity contribution in [2.45, 2.75) is 31.4 Å². The molecule has 6 heteroatoms. The maximum absolute atomic E-state index is 12.9. The van der Waals surface area contributed by atoms with Crippen LogP contribution in [0.1, 0.15) is 24.9 Å². The smallest absolute Gasteiger partial charge is 0.321 e. The number of hydrogen-bond acceptors (Lipinski definition) is 2. The van der Waals surface area contributed by atoms with Gasteiger partial charge in [0.1, 0.15) is 0 Å². The molecule has 2 atom stereocenters. The van der Waals surface area contributed by atoms with Crippen molar-refractivity contribution in [2.24, 2.45) is 0 Å². The van der Waals surface area contributed by atoms with E-state index in [4.69, 9.17) is 0 Å². The molecule has 0 spiro atoms. The van der Waals surface area contributed by atoms with Crippen LogP contribution in [0.3, 0.4) is 0 Å². The molecule has 0 bridgehead atoms. The fourth-order valence-corrected chi connectivity index (χ4v) is 2.06. The molecule has 2 amide bonds. The third kappa shape index (κ3) is 3.07. The molecule has 1 aliphatic rings. The number of benzene rings is 1. The molecule has 1 fully saturated rings. The number of hydrogen-bond donors (Lipinski definition) is 2. The Morgan fingerprint density at radius 3 is 2.58 bits per heavy atom. The van der Waals surface area contributed by atoms with Gasteiger partial charge in [-0.25, -0.2) is 0 Å². The van der Waals surface area contributed by atoms with Gasteiger partial charge in [0, 0.05) is 13.3 Å². The number of amides is 2. The van der Waals surface area contributed by atoms with E-state index in [1.165, 1.54) is 0 Å². The van der Waals surface area contributed by atoms with E-state index in [1.54, 1.807) is 24.3 Å². The van der Waals surface area contributed by atoms with Crippen LogP contribution >= 0.6 is 0 Å². The molecule has 1 aromatic rings. The Bertz CT molecular complexity index is 485. The summed E-state index contributed by atoms with van der Waals surface area (Å²) in [5.74, 6) is -5.08. The van der Waals surface area contributed by atoms with Gasteiger partial charge in [-0.1, -0.05) is 30.3 Å². The van der Waals surface area contributed by atoms with Crippen molar-refractivity contribution in [2.75, 3.05) is 0 Å². The van der Waals surface area contributed by atoms with E-state index in [-0.39, 0.29) is 12.3 Å². The lowest BCUT2D eigenvalue weighted by atomic mass is 10.0. The highest BCUT2D eigenvalue weighted by Gasteiger charge is 2.39. The van der Waals surface area contributed by atoms with Crippen molar-refractivity contribution >= 4 is 11.8 Å². The van der Waals surface area contributed by atoms with Crippen molar-refractivity contribution in [3.63, 3.8) is 0 Å². The molecule has 0 aliphatic carbocycles. The standard InChI is InChI=1S/C13H14F2N2O2/c1-13(14,15)12(19)16-9-7-10(18)17-11(9)8-5-3-2-4-6-8/h2-6,9,11H,7H2,1H3,(H,16,19)(H,17,18)/t9-,11?/m0/s1. The summed E-state index contributed by atoms with van der Waals surface area (Å²) < 4.78 is 25.8. The maximum Gasteiger partial charge on any atom is 0.321 e. The van der Waals surface area contributed by atoms with Crippen molar-refractivity contribution in [3.8, 4) is 0 Å². The van der Waals surface area contributed by atoms with E-state index in [0.717, 1.165) is 5.56 Å². The van der Waals surface area contributed by atoms with Gasteiger partial charge < -0.3 is 10.6 Å². The number of nitrogens with one attached hydrogen (secondary N) is 2. The summed E-state index contributed by atoms with van der Waals surface area (Å²) in [6, 6.07) is 7.81. The van der Waals surface area contributed by atoms with Crippen molar-refractivity contribution in [1.82, 2.24) is 10.6 Å². The number of carbonyl (C=O) groups excluding carboxylic acids is 2. The summed E-state index contributed by atoms with van der Waals surface area (Å²) in [4.78, 5) is 22.7. The first-order valence-electron chi connectivity index (χ1n) is 5.91. The highest BCUT2D eigenvalue weighted by Crippen LogP contribution is 2.25. The second-order valence-corrected chi connectivity index (χ2v) is 4.63. The molecule has 1 aliphatic heterocycles. The van der Waals surface area contributed by atoms with Gasteiger partial charge in [0.05, 0.1) is 12.1 Å². The molecule has 1 heterocycles. The van der Waals surface area contributed by atoms with Crippen LogP contribution in [-0.4, -0.2) is 23.8 Å². The molecule has 1 saturated heterocycles. The Kier molecular flexibility index (Phi) is 3.50. The van der Waals surface area contributed by atoms with E-state index >= 15 is 0 Å². The zero-order valence-corrected chi connectivity index (χ0v) is 10.3.